The maximum absolute atomic E-state index is 10.2. The predicted molar refractivity (Wildman–Crippen MR) is 105 cm³/mol. The first kappa shape index (κ1) is 26.7. The minimum atomic E-state index is -0.879. The van der Waals surface area contributed by atoms with Gasteiger partial charge in [-0.2, -0.15) is 19.8 Å². The van der Waals surface area contributed by atoms with Crippen LogP contribution in [0, 0.1) is 12.3 Å². The molecule has 0 saturated heterocycles. The number of allylic oxidation sites excluding steroid dienone is 4. The van der Waals surface area contributed by atoms with Crippen LogP contribution in [0.15, 0.2) is 52.6 Å². The van der Waals surface area contributed by atoms with Crippen molar-refractivity contribution in [2.24, 2.45) is 5.92 Å². The van der Waals surface area contributed by atoms with E-state index in [4.69, 9.17) is 15.3 Å². The molecule has 0 bridgehead atoms. The Kier molecular flexibility index (Phi) is 13.9. The SMILES string of the molecule is CC1C2=C(CCC[CH-]2)C2=C1CCCC2.C[O-].C[O-].O=C(O)c1ccccc1.[Ti+3]. The van der Waals surface area contributed by atoms with Gasteiger partial charge in [-0.1, -0.05) is 50.0 Å². The fourth-order valence-corrected chi connectivity index (χ4v) is 4.09. The van der Waals surface area contributed by atoms with Crippen molar-refractivity contribution in [2.45, 2.75) is 51.9 Å². The summed E-state index contributed by atoms with van der Waals surface area (Å²) in [6.45, 7) is 2.42. The smallest absolute Gasteiger partial charge is 0.857 e. The van der Waals surface area contributed by atoms with Crippen LogP contribution in [0.1, 0.15) is 62.2 Å². The van der Waals surface area contributed by atoms with E-state index < -0.39 is 5.97 Å². The zero-order valence-corrected chi connectivity index (χ0v) is 18.7. The molecule has 0 spiro atoms. The van der Waals surface area contributed by atoms with Crippen LogP contribution >= 0.6 is 0 Å². The van der Waals surface area contributed by atoms with Gasteiger partial charge < -0.3 is 15.3 Å². The average Bonchev–Trinajstić information content (AvgIpc) is 3.05. The summed E-state index contributed by atoms with van der Waals surface area (Å²) in [6.07, 6.45) is 12.2. The van der Waals surface area contributed by atoms with Crippen LogP contribution in [0.4, 0.5) is 0 Å². The normalized spacial score (nSPS) is 19.0. The van der Waals surface area contributed by atoms with Crippen molar-refractivity contribution >= 4 is 5.97 Å². The molecule has 1 aromatic rings. The molecule has 3 aliphatic rings. The Labute approximate surface area is 184 Å². The van der Waals surface area contributed by atoms with E-state index in [1.165, 1.54) is 44.9 Å². The van der Waals surface area contributed by atoms with Gasteiger partial charge in [0.05, 0.1) is 5.56 Å². The van der Waals surface area contributed by atoms with Crippen molar-refractivity contribution in [3.05, 3.63) is 64.6 Å². The van der Waals surface area contributed by atoms with Crippen molar-refractivity contribution in [2.75, 3.05) is 14.2 Å². The molecule has 4 rings (SSSR count). The third-order valence-corrected chi connectivity index (χ3v) is 5.23. The van der Waals surface area contributed by atoms with E-state index in [9.17, 15) is 4.79 Å². The Hall–Kier alpha value is -1.33. The molecule has 5 heteroatoms. The van der Waals surface area contributed by atoms with Crippen molar-refractivity contribution in [3.63, 3.8) is 0 Å². The summed E-state index contributed by atoms with van der Waals surface area (Å²) in [4.78, 5) is 10.2. The van der Waals surface area contributed by atoms with Crippen molar-refractivity contribution in [3.8, 4) is 0 Å². The minimum Gasteiger partial charge on any atom is -0.857 e. The second kappa shape index (κ2) is 14.6. The second-order valence-electron chi connectivity index (χ2n) is 6.63. The zero-order chi connectivity index (χ0) is 20.2. The summed E-state index contributed by atoms with van der Waals surface area (Å²) < 4.78 is 0. The molecule has 1 radical (unpaired) electrons. The first-order chi connectivity index (χ1) is 13.2. The van der Waals surface area contributed by atoms with Crippen molar-refractivity contribution in [1.82, 2.24) is 0 Å². The maximum Gasteiger partial charge on any atom is 3.00 e. The minimum absolute atomic E-state index is 0. The summed E-state index contributed by atoms with van der Waals surface area (Å²) in [7, 11) is 1.50. The van der Waals surface area contributed by atoms with Gasteiger partial charge in [0.1, 0.15) is 0 Å². The monoisotopic (exact) mass is 419 g/mol. The zero-order valence-electron chi connectivity index (χ0n) is 17.2. The molecule has 1 aromatic carbocycles. The number of aromatic carboxylic acids is 1. The van der Waals surface area contributed by atoms with Crippen LogP contribution in [-0.4, -0.2) is 25.3 Å². The molecule has 4 nitrogen and oxygen atoms in total. The van der Waals surface area contributed by atoms with Gasteiger partial charge in [-0.25, -0.2) is 16.8 Å². The summed E-state index contributed by atoms with van der Waals surface area (Å²) >= 11 is 0. The van der Waals surface area contributed by atoms with Gasteiger partial charge in [0.15, 0.2) is 0 Å². The van der Waals surface area contributed by atoms with Gasteiger partial charge in [-0.15, -0.1) is 12.0 Å². The molecule has 0 aromatic heterocycles. The number of hydrogen-bond acceptors (Lipinski definition) is 3. The predicted octanol–water partition coefficient (Wildman–Crippen LogP) is 3.53. The standard InChI is InChI=1S/C14H19.C7H6O2.2CH3O.Ti/c1-10-11-6-2-4-8-13(11)14-9-5-3-7-12(10)14;8-7(9)6-4-2-1-3-5-6;2*1-2;/h6,10H,2-5,7-9H2,1H3;1-5H,(H,8,9);2*1H3;/q-1;;2*-1;+3. The average molecular weight is 419 g/mol. The summed E-state index contributed by atoms with van der Waals surface area (Å²) in [5.74, 6) is -0.101. The molecule has 1 atom stereocenters. The molecule has 151 valence electrons. The third kappa shape index (κ3) is 6.93. The van der Waals surface area contributed by atoms with Crippen molar-refractivity contribution in [1.29, 1.82) is 0 Å². The largest absolute Gasteiger partial charge is 3.00 e. The van der Waals surface area contributed by atoms with E-state index in [0.29, 0.717) is 5.56 Å². The molecule has 0 heterocycles. The van der Waals surface area contributed by atoms with Gasteiger partial charge in [-0.05, 0) is 37.3 Å². The van der Waals surface area contributed by atoms with E-state index in [0.717, 1.165) is 20.1 Å². The summed E-state index contributed by atoms with van der Waals surface area (Å²) in [5, 5.41) is 24.9. The van der Waals surface area contributed by atoms with E-state index in [2.05, 4.69) is 13.3 Å². The van der Waals surface area contributed by atoms with E-state index in [1.54, 1.807) is 52.6 Å². The fraction of sp³-hybridized carbons (Fsp3) is 0.478. The summed E-state index contributed by atoms with van der Waals surface area (Å²) in [5.41, 5.74) is 7.40. The van der Waals surface area contributed by atoms with Crippen LogP contribution in [0.25, 0.3) is 0 Å². The molecule has 0 amide bonds. The molecule has 28 heavy (non-hydrogen) atoms. The Bertz CT molecular complexity index is 618. The Balaban J connectivity index is 0.000000457. The first-order valence-electron chi connectivity index (χ1n) is 9.57. The molecular weight excluding hydrogens is 388 g/mol. The van der Waals surface area contributed by atoms with Gasteiger partial charge in [0, 0.05) is 0 Å². The Morgan fingerprint density at radius 2 is 1.54 bits per heavy atom. The number of benzene rings is 1. The van der Waals surface area contributed by atoms with Crippen LogP contribution in [0.2, 0.25) is 0 Å². The number of carboxylic acid groups (broad SMARTS) is 1. The van der Waals surface area contributed by atoms with Gasteiger partial charge in [0.25, 0.3) is 0 Å². The number of carbonyl (C=O) groups is 1. The Morgan fingerprint density at radius 3 is 2.11 bits per heavy atom. The Morgan fingerprint density at radius 1 is 0.964 bits per heavy atom. The van der Waals surface area contributed by atoms with Crippen LogP contribution in [-0.2, 0) is 21.7 Å². The maximum atomic E-state index is 10.2. The van der Waals surface area contributed by atoms with Crippen LogP contribution in [0.5, 0.6) is 0 Å². The van der Waals surface area contributed by atoms with Crippen LogP contribution in [0.3, 0.4) is 0 Å². The number of rotatable bonds is 1. The van der Waals surface area contributed by atoms with E-state index >= 15 is 0 Å². The first-order valence-corrected chi connectivity index (χ1v) is 9.57. The number of carboxylic acids is 1. The molecular formula is C23H31O4Ti. The number of fused-ring (bicyclic) bond motifs is 1. The topological polar surface area (TPSA) is 83.4 Å². The second-order valence-corrected chi connectivity index (χ2v) is 6.63. The molecule has 0 fully saturated rings. The van der Waals surface area contributed by atoms with E-state index in [-0.39, 0.29) is 21.7 Å². The van der Waals surface area contributed by atoms with Gasteiger partial charge in [-0.3, -0.25) is 0 Å². The molecule has 3 aliphatic carbocycles. The molecule has 1 unspecified atom stereocenters. The molecule has 1 N–H and O–H groups in total. The number of hydrogen-bond donors (Lipinski definition) is 1. The van der Waals surface area contributed by atoms with Crippen LogP contribution < -0.4 is 10.2 Å². The molecule has 0 aliphatic heterocycles. The summed E-state index contributed by atoms with van der Waals surface area (Å²) in [6, 6.07) is 8.30. The van der Waals surface area contributed by atoms with Gasteiger partial charge >= 0.3 is 27.7 Å². The van der Waals surface area contributed by atoms with Gasteiger partial charge in [0.2, 0.25) is 0 Å². The third-order valence-electron chi connectivity index (χ3n) is 5.23. The quantitative estimate of drug-likeness (QED) is 0.558. The molecule has 0 saturated carbocycles. The fourth-order valence-electron chi connectivity index (χ4n) is 4.09. The van der Waals surface area contributed by atoms with Crippen molar-refractivity contribution < 1.29 is 41.8 Å². The van der Waals surface area contributed by atoms with E-state index in [1.807, 2.05) is 0 Å².